The Morgan fingerprint density at radius 2 is 1.82 bits per heavy atom. The Labute approximate surface area is 158 Å². The van der Waals surface area contributed by atoms with E-state index in [4.69, 9.17) is 9.47 Å². The van der Waals surface area contributed by atoms with Crippen LogP contribution in [0, 0.1) is 11.6 Å². The molecule has 1 N–H and O–H groups in total. The Morgan fingerprint density at radius 1 is 1.04 bits per heavy atom. The zero-order valence-corrected chi connectivity index (χ0v) is 14.9. The number of rotatable bonds is 5. The summed E-state index contributed by atoms with van der Waals surface area (Å²) >= 11 is 0. The number of aromatic nitrogens is 2. The summed E-state index contributed by atoms with van der Waals surface area (Å²) < 4.78 is 38.0. The van der Waals surface area contributed by atoms with E-state index in [1.54, 1.807) is 24.3 Å². The van der Waals surface area contributed by atoms with Crippen molar-refractivity contribution in [2.45, 2.75) is 0 Å². The van der Waals surface area contributed by atoms with Crippen molar-refractivity contribution in [3.05, 3.63) is 76.1 Å². The molecule has 2 aromatic carbocycles. The van der Waals surface area contributed by atoms with Gasteiger partial charge in [-0.2, -0.15) is 5.10 Å². The van der Waals surface area contributed by atoms with E-state index in [0.717, 1.165) is 22.9 Å². The molecule has 1 amide bonds. The molecule has 28 heavy (non-hydrogen) atoms. The third-order valence-electron chi connectivity index (χ3n) is 3.80. The van der Waals surface area contributed by atoms with Crippen molar-refractivity contribution in [2.75, 3.05) is 19.5 Å². The summed E-state index contributed by atoms with van der Waals surface area (Å²) in [7, 11) is 2.76. The molecule has 1 aromatic heterocycles. The second-order valence-corrected chi connectivity index (χ2v) is 5.60. The highest BCUT2D eigenvalue weighted by Gasteiger charge is 2.18. The van der Waals surface area contributed by atoms with Crippen LogP contribution in [-0.2, 0) is 0 Å². The SMILES string of the molecule is COc1cccc(NC(=O)c2nn(-c3ccc(F)c(F)c3)c(OC)cc2=O)c1. The van der Waals surface area contributed by atoms with Crippen LogP contribution in [0.4, 0.5) is 14.5 Å². The highest BCUT2D eigenvalue weighted by Crippen LogP contribution is 2.19. The van der Waals surface area contributed by atoms with E-state index < -0.39 is 28.7 Å². The molecular weight excluding hydrogens is 372 g/mol. The molecule has 9 heteroatoms. The Bertz CT molecular complexity index is 1100. The minimum absolute atomic E-state index is 0.0473. The second-order valence-electron chi connectivity index (χ2n) is 5.60. The average molecular weight is 387 g/mol. The van der Waals surface area contributed by atoms with Crippen LogP contribution in [0.15, 0.2) is 53.3 Å². The van der Waals surface area contributed by atoms with Crippen molar-refractivity contribution in [3.8, 4) is 17.3 Å². The Kier molecular flexibility index (Phi) is 5.35. The first-order chi connectivity index (χ1) is 13.4. The number of benzene rings is 2. The Hall–Kier alpha value is -3.75. The van der Waals surface area contributed by atoms with Crippen LogP contribution >= 0.6 is 0 Å². The van der Waals surface area contributed by atoms with Gasteiger partial charge in [0.25, 0.3) is 5.91 Å². The fourth-order valence-corrected chi connectivity index (χ4v) is 2.44. The molecule has 0 fully saturated rings. The molecule has 0 atom stereocenters. The van der Waals surface area contributed by atoms with Gasteiger partial charge in [-0.25, -0.2) is 13.5 Å². The van der Waals surface area contributed by atoms with E-state index in [9.17, 15) is 18.4 Å². The van der Waals surface area contributed by atoms with E-state index in [-0.39, 0.29) is 11.6 Å². The monoisotopic (exact) mass is 387 g/mol. The lowest BCUT2D eigenvalue weighted by atomic mass is 10.2. The van der Waals surface area contributed by atoms with Crippen molar-refractivity contribution in [3.63, 3.8) is 0 Å². The Balaban J connectivity index is 2.02. The number of hydrogen-bond donors (Lipinski definition) is 1. The van der Waals surface area contributed by atoms with Gasteiger partial charge >= 0.3 is 0 Å². The molecule has 0 bridgehead atoms. The number of carbonyl (C=O) groups excluding carboxylic acids is 1. The number of anilines is 1. The largest absolute Gasteiger partial charge is 0.497 e. The number of hydrogen-bond acceptors (Lipinski definition) is 5. The molecule has 144 valence electrons. The highest BCUT2D eigenvalue weighted by molar-refractivity contribution is 6.02. The maximum Gasteiger partial charge on any atom is 0.280 e. The maximum atomic E-state index is 13.6. The normalized spacial score (nSPS) is 10.4. The topological polar surface area (TPSA) is 82.4 Å². The summed E-state index contributed by atoms with van der Waals surface area (Å²) in [5.41, 5.74) is -0.684. The zero-order chi connectivity index (χ0) is 20.3. The number of halogens is 2. The third kappa shape index (κ3) is 3.83. The average Bonchev–Trinajstić information content (AvgIpc) is 2.69. The number of nitrogens with zero attached hydrogens (tertiary/aromatic N) is 2. The summed E-state index contributed by atoms with van der Waals surface area (Å²) in [6.45, 7) is 0. The predicted molar refractivity (Wildman–Crippen MR) is 97.2 cm³/mol. The van der Waals surface area contributed by atoms with Gasteiger partial charge in [0.15, 0.2) is 17.3 Å². The van der Waals surface area contributed by atoms with Crippen LogP contribution < -0.4 is 20.2 Å². The van der Waals surface area contributed by atoms with Crippen LogP contribution in [0.2, 0.25) is 0 Å². The van der Waals surface area contributed by atoms with Crippen LogP contribution in [0.1, 0.15) is 10.5 Å². The van der Waals surface area contributed by atoms with Crippen LogP contribution in [-0.4, -0.2) is 29.9 Å². The van der Waals surface area contributed by atoms with E-state index in [1.165, 1.54) is 20.3 Å². The smallest absolute Gasteiger partial charge is 0.280 e. The van der Waals surface area contributed by atoms with Gasteiger partial charge < -0.3 is 14.8 Å². The van der Waals surface area contributed by atoms with Gasteiger partial charge in [-0.05, 0) is 24.3 Å². The molecular formula is C19H15F2N3O4. The van der Waals surface area contributed by atoms with Crippen molar-refractivity contribution in [1.29, 1.82) is 0 Å². The van der Waals surface area contributed by atoms with Gasteiger partial charge in [0.05, 0.1) is 26.0 Å². The lowest BCUT2D eigenvalue weighted by molar-refractivity contribution is 0.101. The second kappa shape index (κ2) is 7.87. The van der Waals surface area contributed by atoms with Crippen LogP contribution in [0.3, 0.4) is 0 Å². The minimum atomic E-state index is -1.11. The van der Waals surface area contributed by atoms with E-state index in [0.29, 0.717) is 11.4 Å². The molecule has 0 spiro atoms. The molecule has 0 saturated heterocycles. The van der Waals surface area contributed by atoms with Gasteiger partial charge in [-0.15, -0.1) is 0 Å². The molecule has 0 aliphatic carbocycles. The lowest BCUT2D eigenvalue weighted by Crippen LogP contribution is -2.26. The molecule has 0 unspecified atom stereocenters. The summed E-state index contributed by atoms with van der Waals surface area (Å²) in [4.78, 5) is 24.8. The summed E-state index contributed by atoms with van der Waals surface area (Å²) in [6, 6.07) is 10.6. The maximum absolute atomic E-state index is 13.6. The number of methoxy groups -OCH3 is 2. The van der Waals surface area contributed by atoms with Gasteiger partial charge in [-0.1, -0.05) is 6.07 Å². The molecule has 0 aliphatic heterocycles. The van der Waals surface area contributed by atoms with Gasteiger partial charge in [0.2, 0.25) is 11.3 Å². The molecule has 1 heterocycles. The van der Waals surface area contributed by atoms with E-state index >= 15 is 0 Å². The van der Waals surface area contributed by atoms with Gasteiger partial charge in [0, 0.05) is 17.8 Å². The van der Waals surface area contributed by atoms with Crippen molar-refractivity contribution in [2.24, 2.45) is 0 Å². The molecule has 3 rings (SSSR count). The first-order valence-electron chi connectivity index (χ1n) is 8.02. The minimum Gasteiger partial charge on any atom is -0.497 e. The van der Waals surface area contributed by atoms with Crippen molar-refractivity contribution >= 4 is 11.6 Å². The number of amides is 1. The summed E-state index contributed by atoms with van der Waals surface area (Å²) in [6.07, 6.45) is 0. The van der Waals surface area contributed by atoms with Crippen LogP contribution in [0.25, 0.3) is 5.69 Å². The van der Waals surface area contributed by atoms with Crippen molar-refractivity contribution < 1.29 is 23.0 Å². The van der Waals surface area contributed by atoms with Gasteiger partial charge in [0.1, 0.15) is 5.75 Å². The number of ether oxygens (including phenoxy) is 2. The molecule has 0 radical (unpaired) electrons. The fraction of sp³-hybridized carbons (Fsp3) is 0.105. The first-order valence-corrected chi connectivity index (χ1v) is 8.02. The van der Waals surface area contributed by atoms with E-state index in [2.05, 4.69) is 10.4 Å². The summed E-state index contributed by atoms with van der Waals surface area (Å²) in [5.74, 6) is -2.46. The number of carbonyl (C=O) groups is 1. The standard InChI is InChI=1S/C19H15F2N3O4/c1-27-13-5-3-4-11(8-13)22-19(26)18-16(25)10-17(28-2)24(23-18)12-6-7-14(20)15(21)9-12/h3-10H,1-2H3,(H,22,26). The predicted octanol–water partition coefficient (Wildman–Crippen LogP) is 2.78. The quantitative estimate of drug-likeness (QED) is 0.728. The molecule has 0 aliphatic rings. The fourth-order valence-electron chi connectivity index (χ4n) is 2.44. The zero-order valence-electron chi connectivity index (χ0n) is 14.9. The van der Waals surface area contributed by atoms with Gasteiger partial charge in [-0.3, -0.25) is 9.59 Å². The summed E-state index contributed by atoms with van der Waals surface area (Å²) in [5, 5.41) is 6.51. The molecule has 0 saturated carbocycles. The number of nitrogens with one attached hydrogen (secondary N) is 1. The highest BCUT2D eigenvalue weighted by atomic mass is 19.2. The van der Waals surface area contributed by atoms with Crippen molar-refractivity contribution in [1.82, 2.24) is 9.78 Å². The Morgan fingerprint density at radius 3 is 2.50 bits per heavy atom. The molecule has 7 nitrogen and oxygen atoms in total. The molecule has 3 aromatic rings. The first kappa shape index (κ1) is 19.0. The van der Waals surface area contributed by atoms with E-state index in [1.807, 2.05) is 0 Å². The van der Waals surface area contributed by atoms with Crippen LogP contribution in [0.5, 0.6) is 11.6 Å². The third-order valence-corrected chi connectivity index (χ3v) is 3.80. The lowest BCUT2D eigenvalue weighted by Gasteiger charge is -2.13.